The first kappa shape index (κ1) is 25.3. The highest BCUT2D eigenvalue weighted by atomic mass is 32.2. The normalized spacial score (nSPS) is 22.2. The van der Waals surface area contributed by atoms with Crippen LogP contribution in [0.5, 0.6) is 5.75 Å². The molecular weight excluding hydrogens is 472 g/mol. The van der Waals surface area contributed by atoms with Crippen molar-refractivity contribution in [1.82, 2.24) is 9.21 Å². The molecule has 0 aromatic heterocycles. The number of nitrogens with zero attached hydrogens (tertiary/aromatic N) is 2. The van der Waals surface area contributed by atoms with Crippen LogP contribution in [0.25, 0.3) is 0 Å². The second-order valence-corrected chi connectivity index (χ2v) is 13.4. The first-order valence-corrected chi connectivity index (χ1v) is 14.7. The summed E-state index contributed by atoms with van der Waals surface area (Å²) >= 11 is 0. The molecule has 36 heavy (non-hydrogen) atoms. The average Bonchev–Trinajstić information content (AvgIpc) is 3.52. The molecule has 7 heteroatoms. The lowest BCUT2D eigenvalue weighted by Gasteiger charge is -2.41. The number of hydrogen-bond donors (Lipinski definition) is 0. The van der Waals surface area contributed by atoms with Gasteiger partial charge in [0.1, 0.15) is 11.8 Å². The molecule has 5 rings (SSSR count). The van der Waals surface area contributed by atoms with Crippen molar-refractivity contribution in [3.8, 4) is 5.75 Å². The number of hydrogen-bond acceptors (Lipinski definition) is 4. The number of fused-ring (bicyclic) bond motifs is 1. The molecule has 1 atom stereocenters. The lowest BCUT2D eigenvalue weighted by molar-refractivity contribution is -0.139. The quantitative estimate of drug-likeness (QED) is 0.544. The number of benzene rings is 2. The van der Waals surface area contributed by atoms with Gasteiger partial charge in [-0.25, -0.2) is 8.42 Å². The molecule has 194 valence electrons. The van der Waals surface area contributed by atoms with E-state index in [0.29, 0.717) is 32.5 Å². The average molecular weight is 511 g/mol. The number of rotatable bonds is 6. The van der Waals surface area contributed by atoms with Gasteiger partial charge in [-0.3, -0.25) is 4.79 Å². The van der Waals surface area contributed by atoms with Gasteiger partial charge < -0.3 is 9.64 Å². The van der Waals surface area contributed by atoms with Gasteiger partial charge in [-0.1, -0.05) is 43.7 Å². The first-order chi connectivity index (χ1) is 17.1. The molecule has 2 aromatic rings. The van der Waals surface area contributed by atoms with Crippen LogP contribution in [0, 0.1) is 12.3 Å². The van der Waals surface area contributed by atoms with Crippen LogP contribution < -0.4 is 4.74 Å². The van der Waals surface area contributed by atoms with Gasteiger partial charge in [0.15, 0.2) is 0 Å². The number of ether oxygens (including phenoxy) is 1. The van der Waals surface area contributed by atoms with Crippen molar-refractivity contribution in [2.24, 2.45) is 5.41 Å². The van der Waals surface area contributed by atoms with Gasteiger partial charge in [0.25, 0.3) is 0 Å². The minimum atomic E-state index is -3.75. The molecule has 1 saturated carbocycles. The minimum absolute atomic E-state index is 0.0608. The monoisotopic (exact) mass is 510 g/mol. The zero-order valence-electron chi connectivity index (χ0n) is 21.7. The fraction of sp³-hybridized carbons (Fsp3) is 0.552. The summed E-state index contributed by atoms with van der Waals surface area (Å²) in [6.07, 6.45) is 6.18. The third kappa shape index (κ3) is 5.05. The van der Waals surface area contributed by atoms with Crippen molar-refractivity contribution in [3.05, 3.63) is 59.2 Å². The molecule has 0 N–H and O–H groups in total. The smallest absolute Gasteiger partial charge is 0.243 e. The van der Waals surface area contributed by atoms with Crippen LogP contribution in [-0.4, -0.2) is 48.8 Å². The van der Waals surface area contributed by atoms with Gasteiger partial charge in [-0.2, -0.15) is 4.31 Å². The number of sulfonamides is 1. The fourth-order valence-electron chi connectivity index (χ4n) is 5.90. The lowest BCUT2D eigenvalue weighted by atomic mass is 9.75. The van der Waals surface area contributed by atoms with Crippen LogP contribution in [-0.2, 0) is 27.8 Å². The number of carbonyl (C=O) groups excluding carboxylic acids is 1. The van der Waals surface area contributed by atoms with E-state index in [1.165, 1.54) is 9.87 Å². The van der Waals surface area contributed by atoms with Crippen LogP contribution in [0.1, 0.15) is 69.1 Å². The molecule has 6 nitrogen and oxygen atoms in total. The van der Waals surface area contributed by atoms with E-state index in [2.05, 4.69) is 32.0 Å². The van der Waals surface area contributed by atoms with Crippen LogP contribution >= 0.6 is 0 Å². The molecule has 2 aliphatic heterocycles. The Morgan fingerprint density at radius 1 is 1.08 bits per heavy atom. The standard InChI is InChI=1S/C29H38N2O4S/c1-21-6-10-25(11-7-21)36(33,34)31-17-4-5-26(31)28(32)30(24-12-15-29(2,3)16-13-24)20-22-8-9-23-14-18-35-27(23)19-22/h6-11,19,24,26H,4-5,12-18,20H2,1-3H3/t26-/m0/s1. The summed E-state index contributed by atoms with van der Waals surface area (Å²) in [7, 11) is -3.75. The second-order valence-electron chi connectivity index (χ2n) is 11.5. The molecule has 2 heterocycles. The van der Waals surface area contributed by atoms with Crippen molar-refractivity contribution in [1.29, 1.82) is 0 Å². The van der Waals surface area contributed by atoms with E-state index in [0.717, 1.165) is 49.0 Å². The Hall–Kier alpha value is -2.38. The third-order valence-corrected chi connectivity index (χ3v) is 10.2. The molecular formula is C29H38N2O4S. The summed E-state index contributed by atoms with van der Waals surface area (Å²) in [5, 5.41) is 0. The van der Waals surface area contributed by atoms with E-state index < -0.39 is 16.1 Å². The van der Waals surface area contributed by atoms with Gasteiger partial charge in [-0.05, 0) is 80.2 Å². The highest BCUT2D eigenvalue weighted by Crippen LogP contribution is 2.39. The topological polar surface area (TPSA) is 66.9 Å². The van der Waals surface area contributed by atoms with Crippen molar-refractivity contribution < 1.29 is 17.9 Å². The first-order valence-electron chi connectivity index (χ1n) is 13.3. The molecule has 1 saturated heterocycles. The van der Waals surface area contributed by atoms with E-state index in [1.54, 1.807) is 12.1 Å². The fourth-order valence-corrected chi connectivity index (χ4v) is 7.55. The van der Waals surface area contributed by atoms with Crippen molar-refractivity contribution in [3.63, 3.8) is 0 Å². The summed E-state index contributed by atoms with van der Waals surface area (Å²) in [6, 6.07) is 12.6. The maximum Gasteiger partial charge on any atom is 0.243 e. The van der Waals surface area contributed by atoms with Crippen molar-refractivity contribution in [2.75, 3.05) is 13.2 Å². The molecule has 0 unspecified atom stereocenters. The van der Waals surface area contributed by atoms with Gasteiger partial charge in [0, 0.05) is 25.6 Å². The SMILES string of the molecule is Cc1ccc(S(=O)(=O)N2CCC[C@H]2C(=O)N(Cc2ccc3c(c2)OCC3)C2CCC(C)(C)CC2)cc1. The molecule has 2 aromatic carbocycles. The van der Waals surface area contributed by atoms with Crippen LogP contribution in [0.2, 0.25) is 0 Å². The molecule has 0 spiro atoms. The van der Waals surface area contributed by atoms with E-state index in [-0.39, 0.29) is 22.3 Å². The van der Waals surface area contributed by atoms with Crippen molar-refractivity contribution in [2.45, 2.75) is 89.2 Å². The highest BCUT2D eigenvalue weighted by Gasteiger charge is 2.43. The molecule has 1 aliphatic carbocycles. The molecule has 2 fully saturated rings. The van der Waals surface area contributed by atoms with Gasteiger partial charge in [-0.15, -0.1) is 0 Å². The number of carbonyl (C=O) groups is 1. The lowest BCUT2D eigenvalue weighted by Crippen LogP contribution is -2.51. The number of amides is 1. The summed E-state index contributed by atoms with van der Waals surface area (Å²) in [6.45, 7) is 8.08. The van der Waals surface area contributed by atoms with E-state index in [4.69, 9.17) is 4.74 Å². The number of aryl methyl sites for hydroxylation is 1. The van der Waals surface area contributed by atoms with Gasteiger partial charge >= 0.3 is 0 Å². The predicted octanol–water partition coefficient (Wildman–Crippen LogP) is 5.08. The van der Waals surface area contributed by atoms with Crippen LogP contribution in [0.4, 0.5) is 0 Å². The Labute approximate surface area is 215 Å². The highest BCUT2D eigenvalue weighted by molar-refractivity contribution is 7.89. The Kier molecular flexibility index (Phi) is 6.90. The second kappa shape index (κ2) is 9.82. The zero-order chi connectivity index (χ0) is 25.5. The predicted molar refractivity (Wildman–Crippen MR) is 140 cm³/mol. The maximum atomic E-state index is 14.2. The summed E-state index contributed by atoms with van der Waals surface area (Å²) < 4.78 is 34.4. The van der Waals surface area contributed by atoms with Crippen LogP contribution in [0.3, 0.4) is 0 Å². The summed E-state index contributed by atoms with van der Waals surface area (Å²) in [5.74, 6) is 0.850. The van der Waals surface area contributed by atoms with Gasteiger partial charge in [0.2, 0.25) is 15.9 Å². The van der Waals surface area contributed by atoms with Crippen molar-refractivity contribution >= 4 is 15.9 Å². The van der Waals surface area contributed by atoms with E-state index in [9.17, 15) is 13.2 Å². The molecule has 1 amide bonds. The Morgan fingerprint density at radius 3 is 2.53 bits per heavy atom. The summed E-state index contributed by atoms with van der Waals surface area (Å²) in [5.41, 5.74) is 3.54. The zero-order valence-corrected chi connectivity index (χ0v) is 22.5. The Bertz CT molecular complexity index is 1210. The largest absolute Gasteiger partial charge is 0.493 e. The molecule has 0 radical (unpaired) electrons. The molecule has 3 aliphatic rings. The Balaban J connectivity index is 1.42. The Morgan fingerprint density at radius 2 is 1.81 bits per heavy atom. The maximum absolute atomic E-state index is 14.2. The van der Waals surface area contributed by atoms with Crippen LogP contribution in [0.15, 0.2) is 47.4 Å². The third-order valence-electron chi connectivity index (χ3n) is 8.26. The van der Waals surface area contributed by atoms with E-state index >= 15 is 0 Å². The summed E-state index contributed by atoms with van der Waals surface area (Å²) in [4.78, 5) is 16.4. The molecule has 0 bridgehead atoms. The van der Waals surface area contributed by atoms with Gasteiger partial charge in [0.05, 0.1) is 11.5 Å². The van der Waals surface area contributed by atoms with E-state index in [1.807, 2.05) is 24.0 Å². The minimum Gasteiger partial charge on any atom is -0.493 e.